The van der Waals surface area contributed by atoms with Gasteiger partial charge in [-0.3, -0.25) is 4.79 Å². The molecule has 25 heavy (non-hydrogen) atoms. The van der Waals surface area contributed by atoms with Gasteiger partial charge in [-0.15, -0.1) is 11.3 Å². The second-order valence-corrected chi connectivity index (χ2v) is 7.44. The zero-order chi connectivity index (χ0) is 17.6. The third-order valence-electron chi connectivity index (χ3n) is 4.27. The van der Waals surface area contributed by atoms with Crippen LogP contribution in [0.5, 0.6) is 5.75 Å². The maximum Gasteiger partial charge on any atom is 0.260 e. The topological polar surface area (TPSA) is 53.1 Å². The van der Waals surface area contributed by atoms with Crippen molar-refractivity contribution in [2.24, 2.45) is 0 Å². The van der Waals surface area contributed by atoms with Gasteiger partial charge in [-0.1, -0.05) is 66.2 Å². The van der Waals surface area contributed by atoms with Crippen LogP contribution >= 0.6 is 22.9 Å². The van der Waals surface area contributed by atoms with Gasteiger partial charge in [-0.05, 0) is 23.6 Å². The first kappa shape index (κ1) is 15.9. The summed E-state index contributed by atoms with van der Waals surface area (Å²) < 4.78 is 0.536. The van der Waals surface area contributed by atoms with Crippen LogP contribution in [0.25, 0.3) is 32.5 Å². The molecule has 0 amide bonds. The molecule has 2 heterocycles. The SMILES string of the molecule is Cc1ccccc1-c1c(O)c2c(-c3ccccc3)c(Cl)sc2[nH]c1=O. The summed E-state index contributed by atoms with van der Waals surface area (Å²) in [6.07, 6.45) is 0. The largest absolute Gasteiger partial charge is 0.506 e. The van der Waals surface area contributed by atoms with Crippen LogP contribution in [0.1, 0.15) is 5.56 Å². The van der Waals surface area contributed by atoms with Crippen molar-refractivity contribution in [2.75, 3.05) is 0 Å². The molecule has 2 aromatic carbocycles. The van der Waals surface area contributed by atoms with Gasteiger partial charge < -0.3 is 10.1 Å². The van der Waals surface area contributed by atoms with Crippen molar-refractivity contribution in [1.29, 1.82) is 0 Å². The van der Waals surface area contributed by atoms with Crippen molar-refractivity contribution in [1.82, 2.24) is 4.98 Å². The lowest BCUT2D eigenvalue weighted by Crippen LogP contribution is -2.09. The number of aryl methyl sites for hydroxylation is 1. The normalized spacial score (nSPS) is 11.1. The number of thiophene rings is 1. The Kier molecular flexibility index (Phi) is 3.86. The molecule has 124 valence electrons. The van der Waals surface area contributed by atoms with Gasteiger partial charge in [0.1, 0.15) is 14.9 Å². The van der Waals surface area contributed by atoms with Crippen LogP contribution in [-0.2, 0) is 0 Å². The number of halogens is 1. The van der Waals surface area contributed by atoms with E-state index in [9.17, 15) is 9.90 Å². The molecule has 0 aliphatic rings. The molecule has 5 heteroatoms. The van der Waals surface area contributed by atoms with Gasteiger partial charge in [-0.2, -0.15) is 0 Å². The van der Waals surface area contributed by atoms with Crippen LogP contribution in [0, 0.1) is 6.92 Å². The minimum Gasteiger partial charge on any atom is -0.506 e. The number of fused-ring (bicyclic) bond motifs is 1. The Hall–Kier alpha value is -2.56. The number of pyridine rings is 1. The molecule has 0 spiro atoms. The molecule has 2 aromatic heterocycles. The van der Waals surface area contributed by atoms with Crippen LogP contribution in [0.15, 0.2) is 59.4 Å². The summed E-state index contributed by atoms with van der Waals surface area (Å²) in [5.74, 6) is -0.0324. The van der Waals surface area contributed by atoms with E-state index in [1.165, 1.54) is 11.3 Å². The second kappa shape index (κ2) is 6.06. The van der Waals surface area contributed by atoms with Crippen LogP contribution in [-0.4, -0.2) is 10.1 Å². The lowest BCUT2D eigenvalue weighted by Gasteiger charge is -2.09. The van der Waals surface area contributed by atoms with Gasteiger partial charge in [0.2, 0.25) is 0 Å². The predicted octanol–water partition coefficient (Wildman–Crippen LogP) is 5.59. The molecule has 0 saturated carbocycles. The van der Waals surface area contributed by atoms with E-state index in [1.54, 1.807) is 0 Å². The molecule has 0 atom stereocenters. The van der Waals surface area contributed by atoms with Crippen LogP contribution < -0.4 is 5.56 Å². The lowest BCUT2D eigenvalue weighted by molar-refractivity contribution is 0.483. The molecule has 0 bridgehead atoms. The number of benzene rings is 2. The fraction of sp³-hybridized carbons (Fsp3) is 0.0500. The van der Waals surface area contributed by atoms with E-state index >= 15 is 0 Å². The molecule has 0 unspecified atom stereocenters. The van der Waals surface area contributed by atoms with Gasteiger partial charge in [0.25, 0.3) is 5.56 Å². The van der Waals surface area contributed by atoms with Crippen LogP contribution in [0.4, 0.5) is 0 Å². The van der Waals surface area contributed by atoms with Crippen LogP contribution in [0.2, 0.25) is 4.34 Å². The maximum absolute atomic E-state index is 12.6. The van der Waals surface area contributed by atoms with Gasteiger partial charge >= 0.3 is 0 Å². The van der Waals surface area contributed by atoms with E-state index in [0.29, 0.717) is 20.1 Å². The summed E-state index contributed by atoms with van der Waals surface area (Å²) in [5.41, 5.74) is 3.23. The molecular weight excluding hydrogens is 354 g/mol. The third-order valence-corrected chi connectivity index (χ3v) is 5.58. The molecule has 0 radical (unpaired) electrons. The van der Waals surface area contributed by atoms with Crippen molar-refractivity contribution < 1.29 is 5.11 Å². The van der Waals surface area contributed by atoms with Crippen molar-refractivity contribution in [2.45, 2.75) is 6.92 Å². The fourth-order valence-electron chi connectivity index (χ4n) is 3.08. The zero-order valence-electron chi connectivity index (χ0n) is 13.3. The van der Waals surface area contributed by atoms with Crippen molar-refractivity contribution in [3.63, 3.8) is 0 Å². The van der Waals surface area contributed by atoms with E-state index < -0.39 is 0 Å². The summed E-state index contributed by atoms with van der Waals surface area (Å²) in [4.78, 5) is 16.1. The Balaban J connectivity index is 2.12. The first-order valence-electron chi connectivity index (χ1n) is 7.76. The standard InChI is InChI=1S/C20H14ClNO2S/c1-11-7-5-6-10-13(11)15-17(23)16-14(12-8-3-2-4-9-12)18(21)25-20(16)22-19(15)24/h2-10H,1H3,(H2,22,23,24). The van der Waals surface area contributed by atoms with E-state index in [1.807, 2.05) is 61.5 Å². The first-order valence-corrected chi connectivity index (χ1v) is 8.96. The highest BCUT2D eigenvalue weighted by Gasteiger charge is 2.22. The number of nitrogens with one attached hydrogen (secondary N) is 1. The molecule has 2 N–H and O–H groups in total. The van der Waals surface area contributed by atoms with Gasteiger partial charge in [0.05, 0.1) is 10.9 Å². The smallest absolute Gasteiger partial charge is 0.260 e. The van der Waals surface area contributed by atoms with Crippen LogP contribution in [0.3, 0.4) is 0 Å². The highest BCUT2D eigenvalue weighted by atomic mass is 35.5. The molecule has 4 rings (SSSR count). The highest BCUT2D eigenvalue weighted by molar-refractivity contribution is 7.23. The Morgan fingerprint density at radius 2 is 1.68 bits per heavy atom. The Morgan fingerprint density at radius 1 is 1.00 bits per heavy atom. The predicted molar refractivity (Wildman–Crippen MR) is 105 cm³/mol. The molecule has 3 nitrogen and oxygen atoms in total. The zero-order valence-corrected chi connectivity index (χ0v) is 14.9. The summed E-state index contributed by atoms with van der Waals surface area (Å²) in [6, 6.07) is 17.1. The number of H-pyrrole nitrogens is 1. The number of hydrogen-bond donors (Lipinski definition) is 2. The summed E-state index contributed by atoms with van der Waals surface area (Å²) in [7, 11) is 0. The van der Waals surface area contributed by atoms with Gasteiger partial charge in [-0.25, -0.2) is 0 Å². The van der Waals surface area contributed by atoms with Crippen molar-refractivity contribution in [3.8, 4) is 28.0 Å². The number of aromatic hydroxyl groups is 1. The van der Waals surface area contributed by atoms with Crippen molar-refractivity contribution >= 4 is 33.2 Å². The maximum atomic E-state index is 12.6. The molecule has 4 aromatic rings. The van der Waals surface area contributed by atoms with E-state index in [-0.39, 0.29) is 16.9 Å². The Morgan fingerprint density at radius 3 is 2.40 bits per heavy atom. The summed E-state index contributed by atoms with van der Waals surface area (Å²) in [6.45, 7) is 1.91. The lowest BCUT2D eigenvalue weighted by atomic mass is 9.98. The highest BCUT2D eigenvalue weighted by Crippen LogP contribution is 2.46. The van der Waals surface area contributed by atoms with E-state index in [4.69, 9.17) is 11.6 Å². The quantitative estimate of drug-likeness (QED) is 0.485. The van der Waals surface area contributed by atoms with E-state index in [0.717, 1.165) is 16.7 Å². The first-order chi connectivity index (χ1) is 12.1. The van der Waals surface area contributed by atoms with Gasteiger partial charge in [0, 0.05) is 5.56 Å². The third kappa shape index (κ3) is 2.54. The average Bonchev–Trinajstić information content (AvgIpc) is 2.93. The second-order valence-electron chi connectivity index (χ2n) is 5.81. The molecule has 0 saturated heterocycles. The van der Waals surface area contributed by atoms with E-state index in [2.05, 4.69) is 4.98 Å². The minimum atomic E-state index is -0.322. The number of aromatic nitrogens is 1. The molecule has 0 aliphatic carbocycles. The number of rotatable bonds is 2. The molecule has 0 aliphatic heterocycles. The fourth-order valence-corrected chi connectivity index (χ4v) is 4.46. The van der Waals surface area contributed by atoms with Gasteiger partial charge in [0.15, 0.2) is 0 Å². The Bertz CT molecular complexity index is 1150. The molecule has 0 fully saturated rings. The Labute approximate surface area is 153 Å². The average molecular weight is 368 g/mol. The monoisotopic (exact) mass is 367 g/mol. The van der Waals surface area contributed by atoms with Crippen molar-refractivity contribution in [3.05, 3.63) is 74.9 Å². The summed E-state index contributed by atoms with van der Waals surface area (Å²) >= 11 is 7.70. The minimum absolute atomic E-state index is 0.0324. The summed E-state index contributed by atoms with van der Waals surface area (Å²) in [5, 5.41) is 11.6. The molecular formula is C20H14ClNO2S. The number of hydrogen-bond acceptors (Lipinski definition) is 3. The number of aromatic amines is 1.